The third-order valence-corrected chi connectivity index (χ3v) is 2.80. The molecule has 1 unspecified atom stereocenters. The maximum atomic E-state index is 11.7. The molecule has 1 atom stereocenters. The van der Waals surface area contributed by atoms with Crippen LogP contribution in [0.1, 0.15) is 19.8 Å². The third kappa shape index (κ3) is 2.98. The number of amides is 2. The second-order valence-corrected chi connectivity index (χ2v) is 4.28. The van der Waals surface area contributed by atoms with Gasteiger partial charge >= 0.3 is 0 Å². The number of ether oxygens (including phenoxy) is 1. The molecule has 0 aliphatic carbocycles. The van der Waals surface area contributed by atoms with Gasteiger partial charge in [-0.25, -0.2) is 9.97 Å². The lowest BCUT2D eigenvalue weighted by molar-refractivity contribution is -0.136. The van der Waals surface area contributed by atoms with Crippen molar-refractivity contribution < 1.29 is 14.3 Å². The van der Waals surface area contributed by atoms with Gasteiger partial charge in [0.15, 0.2) is 0 Å². The van der Waals surface area contributed by atoms with Crippen molar-refractivity contribution in [2.45, 2.75) is 25.8 Å². The number of anilines is 1. The molecule has 1 aliphatic heterocycles. The highest BCUT2D eigenvalue weighted by Crippen LogP contribution is 2.17. The number of likely N-dealkylation sites (tertiary alicyclic amines) is 1. The van der Waals surface area contributed by atoms with Gasteiger partial charge in [0.2, 0.25) is 11.8 Å². The molecule has 102 valence electrons. The summed E-state index contributed by atoms with van der Waals surface area (Å²) in [5, 5.41) is 2.93. The molecule has 7 heteroatoms. The van der Waals surface area contributed by atoms with E-state index in [0.29, 0.717) is 18.3 Å². The quantitative estimate of drug-likeness (QED) is 0.777. The zero-order valence-corrected chi connectivity index (χ0v) is 10.9. The fourth-order valence-corrected chi connectivity index (χ4v) is 1.75. The molecule has 2 rings (SSSR count). The number of likely N-dealkylation sites (N-methyl/N-ethyl adjacent to an activating group) is 1. The average molecular weight is 264 g/mol. The SMILES string of the molecule is CCCOc1cc(NC2CC(=O)N(C)C2=O)ncn1. The summed E-state index contributed by atoms with van der Waals surface area (Å²) < 4.78 is 5.38. The molecule has 2 amide bonds. The lowest BCUT2D eigenvalue weighted by Crippen LogP contribution is -2.32. The van der Waals surface area contributed by atoms with Gasteiger partial charge in [-0.15, -0.1) is 0 Å². The second-order valence-electron chi connectivity index (χ2n) is 4.28. The molecule has 0 saturated carbocycles. The van der Waals surface area contributed by atoms with Crippen LogP contribution in [0, 0.1) is 0 Å². The Balaban J connectivity index is 2.03. The van der Waals surface area contributed by atoms with Gasteiger partial charge in [-0.3, -0.25) is 14.5 Å². The predicted octanol–water partition coefficient (Wildman–Crippen LogP) is 0.435. The standard InChI is InChI=1S/C12H16N4O3/c1-3-4-19-10-6-9(13-7-14-10)15-8-5-11(17)16(2)12(8)18/h6-8H,3-5H2,1-2H3,(H,13,14,15). The van der Waals surface area contributed by atoms with Crippen LogP contribution in [0.25, 0.3) is 0 Å². The van der Waals surface area contributed by atoms with Crippen molar-refractivity contribution in [1.29, 1.82) is 0 Å². The van der Waals surface area contributed by atoms with E-state index in [1.165, 1.54) is 13.4 Å². The molecule has 1 aromatic heterocycles. The molecule has 1 fully saturated rings. The van der Waals surface area contributed by atoms with Gasteiger partial charge < -0.3 is 10.1 Å². The van der Waals surface area contributed by atoms with Gasteiger partial charge in [0, 0.05) is 13.1 Å². The third-order valence-electron chi connectivity index (χ3n) is 2.80. The van der Waals surface area contributed by atoms with Crippen molar-refractivity contribution in [2.75, 3.05) is 19.0 Å². The van der Waals surface area contributed by atoms with E-state index in [9.17, 15) is 9.59 Å². The summed E-state index contributed by atoms with van der Waals surface area (Å²) in [5.74, 6) is 0.477. The van der Waals surface area contributed by atoms with Gasteiger partial charge in [-0.05, 0) is 6.42 Å². The molecular weight excluding hydrogens is 248 g/mol. The molecule has 1 aliphatic rings. The minimum atomic E-state index is -0.563. The highest BCUT2D eigenvalue weighted by atomic mass is 16.5. The zero-order chi connectivity index (χ0) is 13.8. The molecule has 2 heterocycles. The van der Waals surface area contributed by atoms with Crippen LogP contribution in [0.3, 0.4) is 0 Å². The fraction of sp³-hybridized carbons (Fsp3) is 0.500. The van der Waals surface area contributed by atoms with Crippen molar-refractivity contribution in [1.82, 2.24) is 14.9 Å². The number of carbonyl (C=O) groups excluding carboxylic acids is 2. The second kappa shape index (κ2) is 5.64. The van der Waals surface area contributed by atoms with Crippen molar-refractivity contribution >= 4 is 17.6 Å². The van der Waals surface area contributed by atoms with Crippen LogP contribution >= 0.6 is 0 Å². The summed E-state index contributed by atoms with van der Waals surface area (Å²) in [7, 11) is 1.47. The van der Waals surface area contributed by atoms with E-state index < -0.39 is 6.04 Å². The first kappa shape index (κ1) is 13.3. The van der Waals surface area contributed by atoms with E-state index in [1.54, 1.807) is 6.07 Å². The Morgan fingerprint density at radius 3 is 2.89 bits per heavy atom. The number of carbonyl (C=O) groups is 2. The number of hydrogen-bond acceptors (Lipinski definition) is 6. The Morgan fingerprint density at radius 2 is 2.26 bits per heavy atom. The van der Waals surface area contributed by atoms with Crippen LogP contribution in [0.4, 0.5) is 5.82 Å². The van der Waals surface area contributed by atoms with E-state index in [4.69, 9.17) is 4.74 Å². The first-order valence-corrected chi connectivity index (χ1v) is 6.13. The van der Waals surface area contributed by atoms with Gasteiger partial charge in [-0.2, -0.15) is 0 Å². The number of nitrogens with zero attached hydrogens (tertiary/aromatic N) is 3. The first-order chi connectivity index (χ1) is 9.11. The van der Waals surface area contributed by atoms with Crippen LogP contribution in [0.2, 0.25) is 0 Å². The molecule has 1 aromatic rings. The number of imide groups is 1. The molecule has 0 aromatic carbocycles. The first-order valence-electron chi connectivity index (χ1n) is 6.13. The van der Waals surface area contributed by atoms with E-state index in [-0.39, 0.29) is 18.2 Å². The van der Waals surface area contributed by atoms with Crippen molar-refractivity contribution in [3.8, 4) is 5.88 Å². The molecule has 19 heavy (non-hydrogen) atoms. The van der Waals surface area contributed by atoms with E-state index >= 15 is 0 Å². The molecule has 1 saturated heterocycles. The highest BCUT2D eigenvalue weighted by Gasteiger charge is 2.36. The summed E-state index contributed by atoms with van der Waals surface area (Å²) in [6, 6.07) is 1.05. The van der Waals surface area contributed by atoms with Gasteiger partial charge in [0.05, 0.1) is 13.0 Å². The molecule has 1 N–H and O–H groups in total. The molecular formula is C12H16N4O3. The number of hydrogen-bond donors (Lipinski definition) is 1. The molecule has 0 spiro atoms. The Hall–Kier alpha value is -2.18. The number of aromatic nitrogens is 2. The minimum absolute atomic E-state index is 0.143. The summed E-state index contributed by atoms with van der Waals surface area (Å²) in [4.78, 5) is 32.2. The largest absolute Gasteiger partial charge is 0.478 e. The highest BCUT2D eigenvalue weighted by molar-refractivity contribution is 6.06. The van der Waals surface area contributed by atoms with Crippen LogP contribution in [-0.4, -0.2) is 46.4 Å². The summed E-state index contributed by atoms with van der Waals surface area (Å²) in [6.07, 6.45) is 2.38. The van der Waals surface area contributed by atoms with Crippen molar-refractivity contribution in [2.24, 2.45) is 0 Å². The fourth-order valence-electron chi connectivity index (χ4n) is 1.75. The van der Waals surface area contributed by atoms with Crippen LogP contribution < -0.4 is 10.1 Å². The maximum absolute atomic E-state index is 11.7. The van der Waals surface area contributed by atoms with Gasteiger partial charge in [-0.1, -0.05) is 6.92 Å². The number of rotatable bonds is 5. The Kier molecular flexibility index (Phi) is 3.94. The lowest BCUT2D eigenvalue weighted by atomic mass is 10.2. The van der Waals surface area contributed by atoms with Crippen molar-refractivity contribution in [3.63, 3.8) is 0 Å². The summed E-state index contributed by atoms with van der Waals surface area (Å²) in [5.41, 5.74) is 0. The number of nitrogens with one attached hydrogen (secondary N) is 1. The minimum Gasteiger partial charge on any atom is -0.478 e. The average Bonchev–Trinajstić information content (AvgIpc) is 2.64. The Labute approximate surface area is 111 Å². The molecule has 0 bridgehead atoms. The van der Waals surface area contributed by atoms with Crippen LogP contribution in [0.5, 0.6) is 5.88 Å². The summed E-state index contributed by atoms with van der Waals surface area (Å²) >= 11 is 0. The Bertz CT molecular complexity index is 492. The normalized spacial score (nSPS) is 18.8. The van der Waals surface area contributed by atoms with Crippen LogP contribution in [-0.2, 0) is 9.59 Å². The smallest absolute Gasteiger partial charge is 0.251 e. The van der Waals surface area contributed by atoms with E-state index in [2.05, 4.69) is 15.3 Å². The monoisotopic (exact) mass is 264 g/mol. The lowest BCUT2D eigenvalue weighted by Gasteiger charge is -2.12. The summed E-state index contributed by atoms with van der Waals surface area (Å²) in [6.45, 7) is 2.57. The van der Waals surface area contributed by atoms with E-state index in [0.717, 1.165) is 11.3 Å². The van der Waals surface area contributed by atoms with E-state index in [1.807, 2.05) is 6.92 Å². The topological polar surface area (TPSA) is 84.4 Å². The Morgan fingerprint density at radius 1 is 1.47 bits per heavy atom. The maximum Gasteiger partial charge on any atom is 0.251 e. The molecule has 7 nitrogen and oxygen atoms in total. The zero-order valence-electron chi connectivity index (χ0n) is 10.9. The van der Waals surface area contributed by atoms with Gasteiger partial charge in [0.25, 0.3) is 5.91 Å². The molecule has 0 radical (unpaired) electrons. The van der Waals surface area contributed by atoms with Crippen molar-refractivity contribution in [3.05, 3.63) is 12.4 Å². The predicted molar refractivity (Wildman–Crippen MR) is 67.6 cm³/mol. The van der Waals surface area contributed by atoms with Crippen LogP contribution in [0.15, 0.2) is 12.4 Å². The van der Waals surface area contributed by atoms with Gasteiger partial charge in [0.1, 0.15) is 18.2 Å².